The molecule has 2 N–H and O–H groups in total. The first-order valence-electron chi connectivity index (χ1n) is 7.11. The summed E-state index contributed by atoms with van der Waals surface area (Å²) in [5, 5.41) is 0. The zero-order valence-electron chi connectivity index (χ0n) is 13.3. The second-order valence-corrected chi connectivity index (χ2v) is 7.48. The van der Waals surface area contributed by atoms with Crippen LogP contribution in [0.15, 0.2) is 23.1 Å². The molecule has 0 spiro atoms. The molecule has 1 aromatic carbocycles. The highest BCUT2D eigenvalue weighted by atomic mass is 32.2. The maximum absolute atomic E-state index is 12.8. The Morgan fingerprint density at radius 1 is 1.33 bits per heavy atom. The summed E-state index contributed by atoms with van der Waals surface area (Å²) in [6.45, 7) is 7.44. The molecule has 0 radical (unpaired) electrons. The van der Waals surface area contributed by atoms with Crippen molar-refractivity contribution in [1.29, 1.82) is 0 Å². The highest BCUT2D eigenvalue weighted by molar-refractivity contribution is 7.89. The summed E-state index contributed by atoms with van der Waals surface area (Å²) in [7, 11) is -1.95. The van der Waals surface area contributed by atoms with Gasteiger partial charge in [0.05, 0.1) is 11.5 Å². The normalized spacial score (nSPS) is 12.3. The van der Waals surface area contributed by atoms with E-state index in [2.05, 4.69) is 0 Å². The van der Waals surface area contributed by atoms with Crippen LogP contribution in [0, 0.1) is 12.8 Å². The number of aryl methyl sites for hydroxylation is 1. The zero-order valence-corrected chi connectivity index (χ0v) is 14.1. The van der Waals surface area contributed by atoms with E-state index >= 15 is 0 Å². The van der Waals surface area contributed by atoms with Crippen LogP contribution in [0.1, 0.15) is 25.0 Å². The van der Waals surface area contributed by atoms with Gasteiger partial charge in [-0.25, -0.2) is 8.42 Å². The summed E-state index contributed by atoms with van der Waals surface area (Å²) in [6.07, 6.45) is 0. The van der Waals surface area contributed by atoms with Crippen molar-refractivity contribution in [3.8, 4) is 0 Å². The van der Waals surface area contributed by atoms with Crippen molar-refractivity contribution in [2.45, 2.75) is 32.2 Å². The van der Waals surface area contributed by atoms with Crippen LogP contribution in [0.5, 0.6) is 0 Å². The zero-order chi connectivity index (χ0) is 16.0. The van der Waals surface area contributed by atoms with Crippen molar-refractivity contribution in [2.24, 2.45) is 11.7 Å². The lowest BCUT2D eigenvalue weighted by Crippen LogP contribution is -2.36. The number of nitrogens with two attached hydrogens (primary N) is 1. The lowest BCUT2D eigenvalue weighted by molar-refractivity contribution is 0.175. The van der Waals surface area contributed by atoms with Crippen LogP contribution in [0.3, 0.4) is 0 Å². The molecule has 0 aliphatic heterocycles. The Hall–Kier alpha value is -0.950. The molecule has 0 aliphatic carbocycles. The van der Waals surface area contributed by atoms with Crippen LogP contribution in [-0.2, 0) is 21.3 Å². The maximum Gasteiger partial charge on any atom is 0.243 e. The fraction of sp³-hybridized carbons (Fsp3) is 0.600. The van der Waals surface area contributed by atoms with Crippen LogP contribution < -0.4 is 5.73 Å². The standard InChI is InChI=1S/C15H26N2O3S/c1-12(2)11-17(7-8-20-4)21(18,19)15-6-5-13(3)14(9-15)10-16/h5-6,9,12H,7-8,10-11,16H2,1-4H3. The number of rotatable bonds is 8. The van der Waals surface area contributed by atoms with E-state index in [0.717, 1.165) is 11.1 Å². The molecular weight excluding hydrogens is 288 g/mol. The molecule has 0 fully saturated rings. The van der Waals surface area contributed by atoms with Crippen LogP contribution in [-0.4, -0.2) is 39.5 Å². The largest absolute Gasteiger partial charge is 0.383 e. The molecule has 0 aliphatic rings. The first kappa shape index (κ1) is 18.1. The fourth-order valence-electron chi connectivity index (χ4n) is 2.09. The van der Waals surface area contributed by atoms with E-state index in [1.54, 1.807) is 25.3 Å². The average molecular weight is 314 g/mol. The smallest absolute Gasteiger partial charge is 0.243 e. The Labute approximate surface area is 128 Å². The Morgan fingerprint density at radius 2 is 2.00 bits per heavy atom. The molecule has 5 nitrogen and oxygen atoms in total. The molecule has 0 saturated carbocycles. The molecule has 1 aromatic rings. The van der Waals surface area contributed by atoms with E-state index in [1.807, 2.05) is 20.8 Å². The van der Waals surface area contributed by atoms with Gasteiger partial charge < -0.3 is 10.5 Å². The number of benzene rings is 1. The van der Waals surface area contributed by atoms with E-state index in [9.17, 15) is 8.42 Å². The van der Waals surface area contributed by atoms with E-state index in [0.29, 0.717) is 31.1 Å². The van der Waals surface area contributed by atoms with Gasteiger partial charge >= 0.3 is 0 Å². The monoisotopic (exact) mass is 314 g/mol. The van der Waals surface area contributed by atoms with E-state index < -0.39 is 10.0 Å². The quantitative estimate of drug-likeness (QED) is 0.793. The van der Waals surface area contributed by atoms with E-state index in [4.69, 9.17) is 10.5 Å². The molecule has 1 rings (SSSR count). The second kappa shape index (κ2) is 7.89. The topological polar surface area (TPSA) is 72.6 Å². The third-order valence-electron chi connectivity index (χ3n) is 3.29. The number of methoxy groups -OCH3 is 1. The minimum absolute atomic E-state index is 0.246. The van der Waals surface area contributed by atoms with Crippen molar-refractivity contribution in [1.82, 2.24) is 4.31 Å². The Balaban J connectivity index is 3.14. The van der Waals surface area contributed by atoms with Crippen molar-refractivity contribution in [3.63, 3.8) is 0 Å². The summed E-state index contributed by atoms with van der Waals surface area (Å²) in [5.41, 5.74) is 7.53. The molecule has 0 bridgehead atoms. The Kier molecular flexibility index (Phi) is 6.80. The first-order valence-corrected chi connectivity index (χ1v) is 8.55. The number of nitrogens with zero attached hydrogens (tertiary/aromatic N) is 1. The van der Waals surface area contributed by atoms with Crippen LogP contribution >= 0.6 is 0 Å². The van der Waals surface area contributed by atoms with Gasteiger partial charge in [0.15, 0.2) is 0 Å². The number of hydrogen-bond donors (Lipinski definition) is 1. The summed E-state index contributed by atoms with van der Waals surface area (Å²) >= 11 is 0. The van der Waals surface area contributed by atoms with Crippen LogP contribution in [0.2, 0.25) is 0 Å². The fourth-order valence-corrected chi connectivity index (χ4v) is 3.73. The molecule has 0 heterocycles. The lowest BCUT2D eigenvalue weighted by atomic mass is 10.1. The molecule has 21 heavy (non-hydrogen) atoms. The third-order valence-corrected chi connectivity index (χ3v) is 5.15. The number of sulfonamides is 1. The van der Waals surface area contributed by atoms with Gasteiger partial charge in [0, 0.05) is 26.7 Å². The first-order chi connectivity index (χ1) is 9.82. The molecule has 6 heteroatoms. The van der Waals surface area contributed by atoms with Crippen molar-refractivity contribution >= 4 is 10.0 Å². The highest BCUT2D eigenvalue weighted by Crippen LogP contribution is 2.20. The molecule has 120 valence electrons. The van der Waals surface area contributed by atoms with Gasteiger partial charge in [-0.05, 0) is 36.1 Å². The van der Waals surface area contributed by atoms with Crippen LogP contribution in [0.25, 0.3) is 0 Å². The Morgan fingerprint density at radius 3 is 2.52 bits per heavy atom. The highest BCUT2D eigenvalue weighted by Gasteiger charge is 2.25. The molecule has 0 unspecified atom stereocenters. The van der Waals surface area contributed by atoms with Gasteiger partial charge in [-0.3, -0.25) is 0 Å². The SMILES string of the molecule is COCCN(CC(C)C)S(=O)(=O)c1ccc(C)c(CN)c1. The average Bonchev–Trinajstić information content (AvgIpc) is 2.43. The summed E-state index contributed by atoms with van der Waals surface area (Å²) in [6, 6.07) is 5.12. The second-order valence-electron chi connectivity index (χ2n) is 5.54. The predicted octanol–water partition coefficient (Wildman–Crippen LogP) is 1.75. The molecule has 0 saturated heterocycles. The van der Waals surface area contributed by atoms with E-state index in [-0.39, 0.29) is 5.92 Å². The van der Waals surface area contributed by atoms with E-state index in [1.165, 1.54) is 4.31 Å². The summed E-state index contributed by atoms with van der Waals surface area (Å²) in [5.74, 6) is 0.246. The number of ether oxygens (including phenoxy) is 1. The van der Waals surface area contributed by atoms with Gasteiger partial charge in [0.2, 0.25) is 10.0 Å². The van der Waals surface area contributed by atoms with Crippen molar-refractivity contribution in [2.75, 3.05) is 26.8 Å². The maximum atomic E-state index is 12.8. The van der Waals surface area contributed by atoms with Gasteiger partial charge in [-0.15, -0.1) is 0 Å². The predicted molar refractivity (Wildman–Crippen MR) is 84.5 cm³/mol. The molecule has 0 atom stereocenters. The summed E-state index contributed by atoms with van der Waals surface area (Å²) < 4.78 is 32.1. The van der Waals surface area contributed by atoms with Crippen molar-refractivity contribution in [3.05, 3.63) is 29.3 Å². The molecule has 0 amide bonds. The third kappa shape index (κ3) is 4.78. The van der Waals surface area contributed by atoms with Gasteiger partial charge in [0.25, 0.3) is 0 Å². The minimum atomic E-state index is -3.52. The van der Waals surface area contributed by atoms with Gasteiger partial charge in [0.1, 0.15) is 0 Å². The number of hydrogen-bond acceptors (Lipinski definition) is 4. The lowest BCUT2D eigenvalue weighted by Gasteiger charge is -2.24. The van der Waals surface area contributed by atoms with Crippen LogP contribution in [0.4, 0.5) is 0 Å². The molecule has 0 aromatic heterocycles. The minimum Gasteiger partial charge on any atom is -0.383 e. The summed E-state index contributed by atoms with van der Waals surface area (Å²) in [4.78, 5) is 0.297. The van der Waals surface area contributed by atoms with Gasteiger partial charge in [-0.2, -0.15) is 4.31 Å². The molecular formula is C15H26N2O3S. The van der Waals surface area contributed by atoms with Gasteiger partial charge in [-0.1, -0.05) is 19.9 Å². The van der Waals surface area contributed by atoms with Crippen molar-refractivity contribution < 1.29 is 13.2 Å². The Bertz CT molecular complexity index is 556.